The first-order valence-electron chi connectivity index (χ1n) is 12.8. The van der Waals surface area contributed by atoms with E-state index in [0.29, 0.717) is 29.6 Å². The number of alkyl halides is 1. The summed E-state index contributed by atoms with van der Waals surface area (Å²) in [6.45, 7) is 11.9. The quantitative estimate of drug-likeness (QED) is 0.362. The smallest absolute Gasteiger partial charge is 0.142 e. The lowest BCUT2D eigenvalue weighted by atomic mass is 9.47. The molecule has 9 atom stereocenters. The Morgan fingerprint density at radius 3 is 2.47 bits per heavy atom. The van der Waals surface area contributed by atoms with Gasteiger partial charge in [0.05, 0.1) is 6.10 Å². The van der Waals surface area contributed by atoms with Gasteiger partial charge in [-0.15, -0.1) is 0 Å². The van der Waals surface area contributed by atoms with Crippen LogP contribution in [0.25, 0.3) is 0 Å². The van der Waals surface area contributed by atoms with E-state index in [2.05, 4.69) is 40.7 Å². The van der Waals surface area contributed by atoms with E-state index in [9.17, 15) is 10.2 Å². The molecule has 0 saturated heterocycles. The van der Waals surface area contributed by atoms with E-state index in [1.54, 1.807) is 0 Å². The fourth-order valence-electron chi connectivity index (χ4n) is 8.55. The second-order valence-corrected chi connectivity index (χ2v) is 13.2. The maximum absolute atomic E-state index is 11.0. The van der Waals surface area contributed by atoms with Gasteiger partial charge >= 0.3 is 0 Å². The van der Waals surface area contributed by atoms with Crippen LogP contribution in [0.2, 0.25) is 0 Å². The zero-order chi connectivity index (χ0) is 21.9. The minimum atomic E-state index is -1.03. The Balaban J connectivity index is 1.52. The van der Waals surface area contributed by atoms with Gasteiger partial charge in [0.15, 0.2) is 0 Å². The van der Waals surface area contributed by atoms with Crippen LogP contribution in [0.4, 0.5) is 0 Å². The highest BCUT2D eigenvalue weighted by atomic mass is 35.5. The van der Waals surface area contributed by atoms with Crippen LogP contribution >= 0.6 is 11.6 Å². The number of allylic oxidation sites excluding steroid dienone is 1. The molecule has 0 aliphatic heterocycles. The molecule has 4 aliphatic rings. The van der Waals surface area contributed by atoms with E-state index < -0.39 is 5.06 Å². The number of rotatable bonds is 5. The third-order valence-electron chi connectivity index (χ3n) is 10.5. The highest BCUT2D eigenvalue weighted by molar-refractivity contribution is 6.22. The molecule has 0 bridgehead atoms. The summed E-state index contributed by atoms with van der Waals surface area (Å²) in [5.74, 6) is 4.02. The summed E-state index contributed by atoms with van der Waals surface area (Å²) in [6, 6.07) is 0. The molecule has 3 saturated carbocycles. The normalized spacial score (nSPS) is 47.8. The third-order valence-corrected chi connectivity index (χ3v) is 10.8. The Kier molecular flexibility index (Phi) is 6.22. The van der Waals surface area contributed by atoms with Crippen LogP contribution in [0.1, 0.15) is 98.8 Å². The number of halogens is 1. The zero-order valence-corrected chi connectivity index (χ0v) is 20.7. The van der Waals surface area contributed by atoms with Crippen molar-refractivity contribution in [3.05, 3.63) is 11.6 Å². The lowest BCUT2D eigenvalue weighted by Gasteiger charge is -2.59. The van der Waals surface area contributed by atoms with Crippen molar-refractivity contribution in [3.63, 3.8) is 0 Å². The van der Waals surface area contributed by atoms with Crippen molar-refractivity contribution in [1.82, 2.24) is 0 Å². The summed E-state index contributed by atoms with van der Waals surface area (Å²) in [6.07, 6.45) is 13.2. The fraction of sp³-hybridized carbons (Fsp3) is 0.926. The maximum Gasteiger partial charge on any atom is 0.142 e. The van der Waals surface area contributed by atoms with Crippen LogP contribution in [0.15, 0.2) is 11.6 Å². The molecule has 2 N–H and O–H groups in total. The van der Waals surface area contributed by atoms with Crippen LogP contribution < -0.4 is 0 Å². The van der Waals surface area contributed by atoms with Crippen molar-refractivity contribution in [2.24, 2.45) is 46.3 Å². The summed E-state index contributed by atoms with van der Waals surface area (Å²) in [5.41, 5.74) is 2.04. The monoisotopic (exact) mass is 436 g/mol. The van der Waals surface area contributed by atoms with Gasteiger partial charge in [0.25, 0.3) is 0 Å². The minimum Gasteiger partial charge on any atom is -0.393 e. The van der Waals surface area contributed by atoms with Crippen molar-refractivity contribution in [3.8, 4) is 0 Å². The topological polar surface area (TPSA) is 40.5 Å². The Hall–Kier alpha value is -0.0500. The Bertz CT molecular complexity index is 670. The lowest BCUT2D eigenvalue weighted by molar-refractivity contribution is -0.0709. The summed E-state index contributed by atoms with van der Waals surface area (Å²) in [5, 5.41) is 20.4. The predicted molar refractivity (Wildman–Crippen MR) is 125 cm³/mol. The van der Waals surface area contributed by atoms with Gasteiger partial charge in [0.2, 0.25) is 0 Å². The number of fused-ring (bicyclic) bond motifs is 5. The summed E-state index contributed by atoms with van der Waals surface area (Å²) in [4.78, 5) is 0. The molecule has 2 nitrogen and oxygen atoms in total. The molecule has 172 valence electrons. The first-order chi connectivity index (χ1) is 14.0. The van der Waals surface area contributed by atoms with E-state index in [-0.39, 0.29) is 11.5 Å². The third kappa shape index (κ3) is 3.81. The standard InChI is InChI=1S/C27H45ClO2/c1-17(2)6-11-24(29)18(3)21-9-10-22-20-8-7-19-16-27(28,30)15-14-25(19,4)23(20)12-13-26(21,22)5/h7,17-18,20-24,29-30H,6,8-16H2,1-5H3/t18-,20-,21+,22-,23-,24?,25-,26+,27?/m0/s1. The van der Waals surface area contributed by atoms with Gasteiger partial charge < -0.3 is 10.2 Å². The number of aliphatic hydroxyl groups is 2. The van der Waals surface area contributed by atoms with Gasteiger partial charge in [-0.05, 0) is 104 Å². The molecule has 0 aromatic rings. The predicted octanol–water partition coefficient (Wildman–Crippen LogP) is 6.93. The van der Waals surface area contributed by atoms with Gasteiger partial charge in [-0.2, -0.15) is 0 Å². The van der Waals surface area contributed by atoms with Crippen molar-refractivity contribution in [2.45, 2.75) is 110 Å². The van der Waals surface area contributed by atoms with Crippen molar-refractivity contribution in [2.75, 3.05) is 0 Å². The first kappa shape index (κ1) is 23.1. The minimum absolute atomic E-state index is 0.152. The molecule has 4 aliphatic carbocycles. The van der Waals surface area contributed by atoms with Crippen molar-refractivity contribution in [1.29, 1.82) is 0 Å². The molecule has 0 radical (unpaired) electrons. The van der Waals surface area contributed by atoms with Crippen LogP contribution in [-0.2, 0) is 0 Å². The average molecular weight is 437 g/mol. The van der Waals surface area contributed by atoms with Gasteiger partial charge in [-0.3, -0.25) is 0 Å². The molecular weight excluding hydrogens is 392 g/mol. The average Bonchev–Trinajstić information content (AvgIpc) is 3.03. The second-order valence-electron chi connectivity index (χ2n) is 12.5. The van der Waals surface area contributed by atoms with E-state index in [4.69, 9.17) is 11.6 Å². The van der Waals surface area contributed by atoms with Crippen LogP contribution in [0, 0.1) is 46.3 Å². The molecule has 30 heavy (non-hydrogen) atoms. The van der Waals surface area contributed by atoms with Crippen molar-refractivity contribution < 1.29 is 10.2 Å². The van der Waals surface area contributed by atoms with Crippen LogP contribution in [-0.4, -0.2) is 21.4 Å². The van der Waals surface area contributed by atoms with Gasteiger partial charge in [0, 0.05) is 6.42 Å². The van der Waals surface area contributed by atoms with E-state index in [1.807, 2.05) is 0 Å². The molecule has 0 heterocycles. The van der Waals surface area contributed by atoms with Crippen LogP contribution in [0.5, 0.6) is 0 Å². The summed E-state index contributed by atoms with van der Waals surface area (Å²) < 4.78 is 0. The van der Waals surface area contributed by atoms with E-state index in [1.165, 1.54) is 37.7 Å². The largest absolute Gasteiger partial charge is 0.393 e. The van der Waals surface area contributed by atoms with Gasteiger partial charge in [-0.25, -0.2) is 0 Å². The van der Waals surface area contributed by atoms with Gasteiger partial charge in [-0.1, -0.05) is 57.9 Å². The Labute approximate surface area is 189 Å². The number of aliphatic hydroxyl groups excluding tert-OH is 1. The van der Waals surface area contributed by atoms with Crippen LogP contribution in [0.3, 0.4) is 0 Å². The molecule has 0 aromatic carbocycles. The molecule has 4 rings (SSSR count). The van der Waals surface area contributed by atoms with E-state index >= 15 is 0 Å². The Morgan fingerprint density at radius 2 is 1.77 bits per heavy atom. The molecule has 0 amide bonds. The highest BCUT2D eigenvalue weighted by Gasteiger charge is 2.60. The molecule has 0 aromatic heterocycles. The molecule has 3 heteroatoms. The van der Waals surface area contributed by atoms with Gasteiger partial charge in [0.1, 0.15) is 5.06 Å². The zero-order valence-electron chi connectivity index (χ0n) is 20.0. The lowest BCUT2D eigenvalue weighted by Crippen LogP contribution is -2.52. The summed E-state index contributed by atoms with van der Waals surface area (Å²) >= 11 is 6.36. The molecule has 0 spiro atoms. The maximum atomic E-state index is 11.0. The van der Waals surface area contributed by atoms with E-state index in [0.717, 1.165) is 43.4 Å². The Morgan fingerprint density at radius 1 is 1.03 bits per heavy atom. The SMILES string of the molecule is CC(C)CCC(O)[C@@H](C)[C@H]1CC[C@H]2[C@@H]3CC=C4CC(O)(Cl)CC[C@]4(C)[C@H]3CC[C@]12C. The number of hydrogen-bond acceptors (Lipinski definition) is 2. The second kappa shape index (κ2) is 8.07. The number of hydrogen-bond donors (Lipinski definition) is 2. The molecule has 3 fully saturated rings. The first-order valence-corrected chi connectivity index (χ1v) is 13.1. The molecular formula is C27H45ClO2. The highest BCUT2D eigenvalue weighted by Crippen LogP contribution is 2.67. The summed E-state index contributed by atoms with van der Waals surface area (Å²) in [7, 11) is 0. The molecule has 2 unspecified atom stereocenters. The fourth-order valence-corrected chi connectivity index (χ4v) is 8.79. The van der Waals surface area contributed by atoms with Crippen molar-refractivity contribution >= 4 is 11.6 Å².